The number of hydrogen-bond acceptors (Lipinski definition) is 4. The molecule has 0 saturated carbocycles. The molecule has 190 valence electrons. The van der Waals surface area contributed by atoms with Gasteiger partial charge >= 0.3 is 6.18 Å². The predicted molar refractivity (Wildman–Crippen MR) is 128 cm³/mol. The van der Waals surface area contributed by atoms with Crippen LogP contribution in [-0.4, -0.2) is 52.1 Å². The lowest BCUT2D eigenvalue weighted by Gasteiger charge is -2.24. The molecule has 1 saturated heterocycles. The summed E-state index contributed by atoms with van der Waals surface area (Å²) >= 11 is 0. The number of ether oxygens (including phenoxy) is 1. The van der Waals surface area contributed by atoms with Gasteiger partial charge in [-0.05, 0) is 37.1 Å². The van der Waals surface area contributed by atoms with Crippen molar-refractivity contribution in [2.75, 3.05) is 25.0 Å². The number of aromatic nitrogens is 2. The van der Waals surface area contributed by atoms with Gasteiger partial charge < -0.3 is 9.64 Å². The summed E-state index contributed by atoms with van der Waals surface area (Å²) in [7, 11) is 0. The van der Waals surface area contributed by atoms with E-state index in [1.165, 1.54) is 21.6 Å². The molecule has 36 heavy (non-hydrogen) atoms. The van der Waals surface area contributed by atoms with E-state index in [-0.39, 0.29) is 30.9 Å². The van der Waals surface area contributed by atoms with Crippen molar-refractivity contribution < 1.29 is 27.5 Å². The Hall–Kier alpha value is -3.66. The Kier molecular flexibility index (Phi) is 7.73. The van der Waals surface area contributed by atoms with Crippen LogP contribution in [0.3, 0.4) is 0 Å². The van der Waals surface area contributed by atoms with E-state index in [0.29, 0.717) is 24.5 Å². The number of amides is 2. The largest absolute Gasteiger partial charge is 0.416 e. The summed E-state index contributed by atoms with van der Waals surface area (Å²) < 4.78 is 46.3. The molecule has 10 heteroatoms. The third-order valence-corrected chi connectivity index (χ3v) is 5.94. The van der Waals surface area contributed by atoms with Crippen molar-refractivity contribution in [1.82, 2.24) is 14.5 Å². The van der Waals surface area contributed by atoms with Crippen LogP contribution in [0.5, 0.6) is 0 Å². The van der Waals surface area contributed by atoms with Gasteiger partial charge in [0.2, 0.25) is 17.8 Å². The molecule has 4 rings (SSSR count). The maximum absolute atomic E-state index is 13.0. The zero-order chi connectivity index (χ0) is 25.7. The van der Waals surface area contributed by atoms with Crippen molar-refractivity contribution in [3.05, 3.63) is 66.4 Å². The van der Waals surface area contributed by atoms with Crippen LogP contribution < -0.4 is 5.32 Å². The van der Waals surface area contributed by atoms with Crippen LogP contribution in [-0.2, 0) is 20.5 Å². The minimum Gasteiger partial charge on any atom is -0.376 e. The van der Waals surface area contributed by atoms with Gasteiger partial charge in [-0.2, -0.15) is 13.2 Å². The molecule has 2 aromatic carbocycles. The Morgan fingerprint density at radius 2 is 1.86 bits per heavy atom. The number of nitrogens with one attached hydrogen (secondary N) is 1. The summed E-state index contributed by atoms with van der Waals surface area (Å²) in [5.74, 6) is -0.496. The molecule has 2 heterocycles. The van der Waals surface area contributed by atoms with Crippen LogP contribution in [0.15, 0.2) is 60.8 Å². The number of rotatable bonds is 8. The van der Waals surface area contributed by atoms with Crippen molar-refractivity contribution in [1.29, 1.82) is 0 Å². The summed E-state index contributed by atoms with van der Waals surface area (Å²) in [5.41, 5.74) is 0.934. The van der Waals surface area contributed by atoms with Crippen molar-refractivity contribution in [3.63, 3.8) is 0 Å². The summed E-state index contributed by atoms with van der Waals surface area (Å²) in [5, 5.41) is 2.73. The first-order chi connectivity index (χ1) is 17.2. The van der Waals surface area contributed by atoms with Gasteiger partial charge in [0.05, 0.1) is 17.4 Å². The molecule has 1 aliphatic rings. The Bertz CT molecular complexity index is 1190. The van der Waals surface area contributed by atoms with Crippen LogP contribution >= 0.6 is 0 Å². The Labute approximate surface area is 206 Å². The Morgan fingerprint density at radius 1 is 1.14 bits per heavy atom. The number of imidazole rings is 1. The number of benzene rings is 2. The quantitative estimate of drug-likeness (QED) is 0.477. The summed E-state index contributed by atoms with van der Waals surface area (Å²) in [6, 6.07) is 13.8. The second kappa shape index (κ2) is 10.9. The summed E-state index contributed by atoms with van der Waals surface area (Å²) in [6.07, 6.45) is -0.927. The number of halogens is 3. The number of anilines is 1. The highest BCUT2D eigenvalue weighted by Gasteiger charge is 2.30. The SMILES string of the molecule is CCC(=O)N(CC(=O)Nc1nc(-c2ccccc2)cn1-c1ccc(C(F)(F)F)cc1)C[C@H]1CCCO1. The monoisotopic (exact) mass is 500 g/mol. The fraction of sp³-hybridized carbons (Fsp3) is 0.346. The van der Waals surface area contributed by atoms with E-state index in [1.807, 2.05) is 30.3 Å². The van der Waals surface area contributed by atoms with Gasteiger partial charge in [-0.15, -0.1) is 0 Å². The molecule has 1 aliphatic heterocycles. The van der Waals surface area contributed by atoms with E-state index in [0.717, 1.165) is 30.5 Å². The van der Waals surface area contributed by atoms with Crippen LogP contribution in [0, 0.1) is 0 Å². The molecule has 1 atom stereocenters. The van der Waals surface area contributed by atoms with Crippen LogP contribution in [0.2, 0.25) is 0 Å². The molecular weight excluding hydrogens is 473 g/mol. The van der Waals surface area contributed by atoms with Crippen molar-refractivity contribution in [2.24, 2.45) is 0 Å². The fourth-order valence-corrected chi connectivity index (χ4v) is 4.07. The normalized spacial score (nSPS) is 15.6. The molecule has 1 aromatic heterocycles. The second-order valence-corrected chi connectivity index (χ2v) is 8.54. The first kappa shape index (κ1) is 25.4. The summed E-state index contributed by atoms with van der Waals surface area (Å²) in [6.45, 7) is 2.50. The molecule has 1 N–H and O–H groups in total. The highest BCUT2D eigenvalue weighted by molar-refractivity contribution is 5.93. The van der Waals surface area contributed by atoms with E-state index < -0.39 is 17.6 Å². The summed E-state index contributed by atoms with van der Waals surface area (Å²) in [4.78, 5) is 31.4. The fourth-order valence-electron chi connectivity index (χ4n) is 4.07. The van der Waals surface area contributed by atoms with E-state index in [4.69, 9.17) is 4.74 Å². The van der Waals surface area contributed by atoms with Gasteiger partial charge in [-0.3, -0.25) is 19.5 Å². The van der Waals surface area contributed by atoms with Gasteiger partial charge in [0.25, 0.3) is 0 Å². The minimum absolute atomic E-state index is 0.105. The van der Waals surface area contributed by atoms with E-state index in [9.17, 15) is 22.8 Å². The third kappa shape index (κ3) is 6.12. The first-order valence-electron chi connectivity index (χ1n) is 11.8. The van der Waals surface area contributed by atoms with Crippen LogP contribution in [0.4, 0.5) is 19.1 Å². The second-order valence-electron chi connectivity index (χ2n) is 8.54. The molecule has 0 spiro atoms. The zero-order valence-electron chi connectivity index (χ0n) is 19.8. The first-order valence-corrected chi connectivity index (χ1v) is 11.8. The number of alkyl halides is 3. The topological polar surface area (TPSA) is 76.5 Å². The molecule has 0 bridgehead atoms. The van der Waals surface area contributed by atoms with E-state index >= 15 is 0 Å². The van der Waals surface area contributed by atoms with Crippen LogP contribution in [0.25, 0.3) is 16.9 Å². The van der Waals surface area contributed by atoms with Crippen molar-refractivity contribution >= 4 is 17.8 Å². The number of carbonyl (C=O) groups is 2. The van der Waals surface area contributed by atoms with E-state index in [1.54, 1.807) is 13.1 Å². The van der Waals surface area contributed by atoms with Gasteiger partial charge in [-0.25, -0.2) is 4.98 Å². The smallest absolute Gasteiger partial charge is 0.376 e. The zero-order valence-corrected chi connectivity index (χ0v) is 19.8. The number of carbonyl (C=O) groups excluding carboxylic acids is 2. The molecule has 0 radical (unpaired) electrons. The molecule has 1 fully saturated rings. The van der Waals surface area contributed by atoms with Gasteiger partial charge in [0, 0.05) is 37.0 Å². The van der Waals surface area contributed by atoms with Crippen LogP contribution in [0.1, 0.15) is 31.7 Å². The van der Waals surface area contributed by atoms with Gasteiger partial charge in [-0.1, -0.05) is 37.3 Å². The molecule has 2 amide bonds. The maximum Gasteiger partial charge on any atom is 0.416 e. The molecule has 7 nitrogen and oxygen atoms in total. The van der Waals surface area contributed by atoms with Crippen molar-refractivity contribution in [2.45, 2.75) is 38.5 Å². The Morgan fingerprint density at radius 3 is 2.47 bits per heavy atom. The van der Waals surface area contributed by atoms with Gasteiger partial charge in [0.1, 0.15) is 6.54 Å². The average molecular weight is 501 g/mol. The lowest BCUT2D eigenvalue weighted by atomic mass is 10.2. The number of nitrogens with zero attached hydrogens (tertiary/aromatic N) is 3. The van der Waals surface area contributed by atoms with Gasteiger partial charge in [0.15, 0.2) is 0 Å². The molecule has 0 unspecified atom stereocenters. The minimum atomic E-state index is -4.46. The predicted octanol–water partition coefficient (Wildman–Crippen LogP) is 4.91. The molecule has 3 aromatic rings. The highest BCUT2D eigenvalue weighted by Crippen LogP contribution is 2.31. The lowest BCUT2D eigenvalue weighted by Crippen LogP contribution is -2.42. The number of hydrogen-bond donors (Lipinski definition) is 1. The molecule has 0 aliphatic carbocycles. The van der Waals surface area contributed by atoms with E-state index in [2.05, 4.69) is 10.3 Å². The Balaban J connectivity index is 1.59. The lowest BCUT2D eigenvalue weighted by molar-refractivity contribution is -0.137. The standard InChI is InChI=1S/C26H27F3N4O3/c1-2-24(35)32(15-21-9-6-14-36-21)17-23(34)31-25-30-22(18-7-4-3-5-8-18)16-33(25)20-12-10-19(11-13-20)26(27,28)29/h3-5,7-8,10-13,16,21H,2,6,9,14-15,17H2,1H3,(H,30,31,34)/t21-/m1/s1. The molecular formula is C26H27F3N4O3. The van der Waals surface area contributed by atoms with Crippen molar-refractivity contribution in [3.8, 4) is 16.9 Å². The average Bonchev–Trinajstić information content (AvgIpc) is 3.53. The maximum atomic E-state index is 13.0. The highest BCUT2D eigenvalue weighted by atomic mass is 19.4. The third-order valence-electron chi connectivity index (χ3n) is 5.94.